The van der Waals surface area contributed by atoms with E-state index in [4.69, 9.17) is 14.2 Å². The summed E-state index contributed by atoms with van der Waals surface area (Å²) in [4.78, 5) is 24.3. The molecular formula is C50H99NO5. The Hall–Kier alpha value is -1.14. The predicted molar refractivity (Wildman–Crippen MR) is 242 cm³/mol. The van der Waals surface area contributed by atoms with Crippen LogP contribution in [0.3, 0.4) is 0 Å². The summed E-state index contributed by atoms with van der Waals surface area (Å²) in [6.07, 6.45) is 49.0. The average molecular weight is 794 g/mol. The van der Waals surface area contributed by atoms with Crippen LogP contribution in [0.4, 0.5) is 4.79 Å². The first-order valence-corrected chi connectivity index (χ1v) is 25.3. The van der Waals surface area contributed by atoms with Crippen LogP contribution in [0, 0.1) is 0 Å². The van der Waals surface area contributed by atoms with Crippen LogP contribution in [0.5, 0.6) is 0 Å². The van der Waals surface area contributed by atoms with Crippen molar-refractivity contribution in [3.8, 4) is 0 Å². The predicted octanol–water partition coefficient (Wildman–Crippen LogP) is 16.0. The van der Waals surface area contributed by atoms with E-state index in [1.807, 2.05) is 0 Å². The molecule has 0 radical (unpaired) electrons. The third-order valence-corrected chi connectivity index (χ3v) is 11.4. The largest absolute Gasteiger partial charge is 0.447 e. The SMILES string of the molecule is CCCCCCCCCCCCCCCCCCOC[C@@H](COC(=O)NCCCCCC(=O)CCCC)OCCCCCCCCCCCCCCCCCC. The molecule has 6 nitrogen and oxygen atoms in total. The zero-order valence-electron chi connectivity index (χ0n) is 38.2. The summed E-state index contributed by atoms with van der Waals surface area (Å²) in [6, 6.07) is 0. The minimum absolute atomic E-state index is 0.218. The molecule has 1 atom stereocenters. The lowest BCUT2D eigenvalue weighted by molar-refractivity contribution is -0.119. The molecule has 0 fully saturated rings. The van der Waals surface area contributed by atoms with Crippen LogP contribution in [-0.4, -0.2) is 51.0 Å². The van der Waals surface area contributed by atoms with Gasteiger partial charge in [0.05, 0.1) is 6.61 Å². The Bertz CT molecular complexity index is 777. The smallest absolute Gasteiger partial charge is 0.407 e. The van der Waals surface area contributed by atoms with Gasteiger partial charge >= 0.3 is 6.09 Å². The van der Waals surface area contributed by atoms with E-state index in [0.29, 0.717) is 38.4 Å². The van der Waals surface area contributed by atoms with E-state index in [2.05, 4.69) is 26.1 Å². The monoisotopic (exact) mass is 794 g/mol. The normalized spacial score (nSPS) is 12.0. The second-order valence-corrected chi connectivity index (χ2v) is 17.2. The van der Waals surface area contributed by atoms with Gasteiger partial charge in [0.15, 0.2) is 0 Å². The van der Waals surface area contributed by atoms with Crippen LogP contribution >= 0.6 is 0 Å². The zero-order valence-corrected chi connectivity index (χ0v) is 38.2. The third kappa shape index (κ3) is 45.6. The van der Waals surface area contributed by atoms with Gasteiger partial charge in [-0.15, -0.1) is 0 Å². The molecule has 0 spiro atoms. The first-order valence-electron chi connectivity index (χ1n) is 25.3. The fourth-order valence-electron chi connectivity index (χ4n) is 7.54. The van der Waals surface area contributed by atoms with Crippen LogP contribution in [0.1, 0.15) is 271 Å². The summed E-state index contributed by atoms with van der Waals surface area (Å²) in [5, 5.41) is 2.87. The molecule has 0 aromatic carbocycles. The number of nitrogens with one attached hydrogen (secondary N) is 1. The minimum Gasteiger partial charge on any atom is -0.447 e. The Morgan fingerprint density at radius 3 is 1.18 bits per heavy atom. The number of carbonyl (C=O) groups is 2. The van der Waals surface area contributed by atoms with Crippen molar-refractivity contribution in [3.05, 3.63) is 0 Å². The zero-order chi connectivity index (χ0) is 40.7. The van der Waals surface area contributed by atoms with Crippen LogP contribution in [0.25, 0.3) is 0 Å². The number of unbranched alkanes of at least 4 members (excludes halogenated alkanes) is 33. The molecule has 0 aromatic heterocycles. The van der Waals surface area contributed by atoms with E-state index in [0.717, 1.165) is 51.6 Å². The van der Waals surface area contributed by atoms with E-state index < -0.39 is 6.09 Å². The van der Waals surface area contributed by atoms with Crippen molar-refractivity contribution in [2.24, 2.45) is 0 Å². The lowest BCUT2D eigenvalue weighted by atomic mass is 10.0. The molecular weight excluding hydrogens is 695 g/mol. The minimum atomic E-state index is -0.391. The van der Waals surface area contributed by atoms with Crippen molar-refractivity contribution in [3.63, 3.8) is 0 Å². The molecule has 1 N–H and O–H groups in total. The molecule has 56 heavy (non-hydrogen) atoms. The number of amides is 1. The molecule has 0 aliphatic rings. The molecule has 0 saturated heterocycles. The Labute approximate surface area is 350 Å². The highest BCUT2D eigenvalue weighted by Gasteiger charge is 2.13. The van der Waals surface area contributed by atoms with Crippen LogP contribution < -0.4 is 5.32 Å². The molecule has 0 aromatic rings. The molecule has 0 bridgehead atoms. The Balaban J connectivity index is 4.07. The van der Waals surface area contributed by atoms with Gasteiger partial charge in [0.2, 0.25) is 0 Å². The van der Waals surface area contributed by atoms with Crippen molar-refractivity contribution in [2.45, 2.75) is 277 Å². The number of hydrogen-bond donors (Lipinski definition) is 1. The molecule has 1 amide bonds. The van der Waals surface area contributed by atoms with E-state index in [9.17, 15) is 9.59 Å². The lowest BCUT2D eigenvalue weighted by Crippen LogP contribution is -2.32. The summed E-state index contributed by atoms with van der Waals surface area (Å²) in [5.74, 6) is 0.363. The number of Topliss-reactive ketones (excluding diaryl/α,β-unsaturated/α-hetero) is 1. The van der Waals surface area contributed by atoms with E-state index in [1.165, 1.54) is 193 Å². The molecule has 0 heterocycles. The highest BCUT2D eigenvalue weighted by molar-refractivity contribution is 5.78. The highest BCUT2D eigenvalue weighted by atomic mass is 16.6. The number of hydrogen-bond acceptors (Lipinski definition) is 5. The first kappa shape index (κ1) is 54.9. The Morgan fingerprint density at radius 2 is 0.750 bits per heavy atom. The van der Waals surface area contributed by atoms with Crippen molar-refractivity contribution in [1.82, 2.24) is 5.32 Å². The summed E-state index contributed by atoms with van der Waals surface area (Å²) < 4.78 is 17.8. The molecule has 0 unspecified atom stereocenters. The molecule has 6 heteroatoms. The van der Waals surface area contributed by atoms with Crippen molar-refractivity contribution < 1.29 is 23.8 Å². The number of ketones is 1. The summed E-state index contributed by atoms with van der Waals surface area (Å²) in [5.41, 5.74) is 0. The molecule has 0 aliphatic carbocycles. The van der Waals surface area contributed by atoms with Crippen LogP contribution in [0.2, 0.25) is 0 Å². The molecule has 0 aliphatic heterocycles. The van der Waals surface area contributed by atoms with Crippen LogP contribution in [0.15, 0.2) is 0 Å². The van der Waals surface area contributed by atoms with Gasteiger partial charge in [-0.05, 0) is 32.1 Å². The van der Waals surface area contributed by atoms with Gasteiger partial charge in [0, 0.05) is 32.6 Å². The number of ether oxygens (including phenoxy) is 3. The standard InChI is InChI=1S/C50H99NO5/c1-4-7-10-12-14-16-18-20-22-24-26-28-30-32-34-39-44-54-46-49(47-56-50(53)51-43-38-36-37-42-48(52)41-9-6-3)55-45-40-35-33-31-29-27-25-23-21-19-17-15-13-11-8-5-2/h49H,4-47H2,1-3H3,(H,51,53)/t49-/m0/s1. The fraction of sp³-hybridized carbons (Fsp3) is 0.960. The number of rotatable bonds is 48. The third-order valence-electron chi connectivity index (χ3n) is 11.4. The van der Waals surface area contributed by atoms with E-state index in [-0.39, 0.29) is 12.7 Å². The summed E-state index contributed by atoms with van der Waals surface area (Å²) >= 11 is 0. The maximum atomic E-state index is 12.4. The number of alkyl carbamates (subject to hydrolysis) is 1. The van der Waals surface area contributed by atoms with Gasteiger partial charge < -0.3 is 19.5 Å². The van der Waals surface area contributed by atoms with Gasteiger partial charge in [-0.3, -0.25) is 4.79 Å². The van der Waals surface area contributed by atoms with Gasteiger partial charge in [-0.25, -0.2) is 4.79 Å². The maximum absolute atomic E-state index is 12.4. The fourth-order valence-corrected chi connectivity index (χ4v) is 7.54. The quantitative estimate of drug-likeness (QED) is 0.0621. The number of carbonyl (C=O) groups excluding carboxylic acids is 2. The van der Waals surface area contributed by atoms with E-state index >= 15 is 0 Å². The van der Waals surface area contributed by atoms with Gasteiger partial charge in [0.1, 0.15) is 18.5 Å². The average Bonchev–Trinajstić information content (AvgIpc) is 3.20. The summed E-state index contributed by atoms with van der Waals surface area (Å²) in [6.45, 7) is 9.38. The van der Waals surface area contributed by atoms with Gasteiger partial charge in [-0.1, -0.05) is 226 Å². The van der Waals surface area contributed by atoms with Crippen molar-refractivity contribution in [1.29, 1.82) is 0 Å². The Kier molecular flexibility index (Phi) is 47.2. The van der Waals surface area contributed by atoms with E-state index in [1.54, 1.807) is 0 Å². The second kappa shape index (κ2) is 48.2. The molecule has 0 rings (SSSR count). The van der Waals surface area contributed by atoms with Crippen molar-refractivity contribution >= 4 is 11.9 Å². The maximum Gasteiger partial charge on any atom is 0.407 e. The second-order valence-electron chi connectivity index (χ2n) is 17.2. The Morgan fingerprint density at radius 1 is 0.393 bits per heavy atom. The molecule has 334 valence electrons. The first-order chi connectivity index (χ1) is 27.6. The van der Waals surface area contributed by atoms with Crippen molar-refractivity contribution in [2.75, 3.05) is 33.0 Å². The summed E-state index contributed by atoms with van der Waals surface area (Å²) in [7, 11) is 0. The lowest BCUT2D eigenvalue weighted by Gasteiger charge is -2.18. The van der Waals surface area contributed by atoms with Gasteiger partial charge in [0.25, 0.3) is 0 Å². The molecule has 0 saturated carbocycles. The highest BCUT2D eigenvalue weighted by Crippen LogP contribution is 2.16. The topological polar surface area (TPSA) is 73.9 Å². The van der Waals surface area contributed by atoms with Crippen LogP contribution in [-0.2, 0) is 19.0 Å². The van der Waals surface area contributed by atoms with Gasteiger partial charge in [-0.2, -0.15) is 0 Å².